The Morgan fingerprint density at radius 2 is 2.10 bits per heavy atom. The van der Waals surface area contributed by atoms with E-state index >= 15 is 0 Å². The molecule has 0 aliphatic carbocycles. The van der Waals surface area contributed by atoms with Gasteiger partial charge in [0.25, 0.3) is 0 Å². The number of para-hydroxylation sites is 1. The molecule has 2 N–H and O–H groups in total. The van der Waals surface area contributed by atoms with E-state index in [0.717, 1.165) is 17.7 Å². The maximum absolute atomic E-state index is 12.2. The van der Waals surface area contributed by atoms with Gasteiger partial charge < -0.3 is 15.2 Å². The van der Waals surface area contributed by atoms with E-state index in [9.17, 15) is 4.79 Å². The number of aromatic nitrogens is 2. The standard InChI is InChI=1S/C15H18N4O2/c1-15(2,16)14-17-12(21-18-14)9-19-11-6-4-3-5-10(11)7-8-13(19)20/h3-6H,7-9,16H2,1-2H3. The minimum absolute atomic E-state index is 0.0699. The lowest BCUT2D eigenvalue weighted by molar-refractivity contribution is -0.119. The fourth-order valence-corrected chi connectivity index (χ4v) is 2.39. The van der Waals surface area contributed by atoms with Gasteiger partial charge in [0, 0.05) is 12.1 Å². The van der Waals surface area contributed by atoms with Gasteiger partial charge in [-0.05, 0) is 31.9 Å². The summed E-state index contributed by atoms with van der Waals surface area (Å²) in [4.78, 5) is 18.2. The number of benzene rings is 1. The third kappa shape index (κ3) is 2.67. The van der Waals surface area contributed by atoms with Crippen LogP contribution in [-0.2, 0) is 23.3 Å². The van der Waals surface area contributed by atoms with Gasteiger partial charge in [0.15, 0.2) is 5.82 Å². The minimum Gasteiger partial charge on any atom is -0.337 e. The first-order valence-corrected chi connectivity index (χ1v) is 6.95. The van der Waals surface area contributed by atoms with Crippen molar-refractivity contribution >= 4 is 11.6 Å². The fraction of sp³-hybridized carbons (Fsp3) is 0.400. The molecule has 1 aliphatic heterocycles. The number of fused-ring (bicyclic) bond motifs is 1. The quantitative estimate of drug-likeness (QED) is 0.929. The summed E-state index contributed by atoms with van der Waals surface area (Å²) in [5, 5.41) is 3.88. The first-order chi connectivity index (χ1) is 9.95. The molecule has 0 radical (unpaired) electrons. The predicted molar refractivity (Wildman–Crippen MR) is 77.5 cm³/mol. The summed E-state index contributed by atoms with van der Waals surface area (Å²) in [5.74, 6) is 0.907. The monoisotopic (exact) mass is 286 g/mol. The third-order valence-electron chi connectivity index (χ3n) is 3.53. The molecule has 0 unspecified atom stereocenters. The molecule has 3 rings (SSSR count). The van der Waals surface area contributed by atoms with Crippen LogP contribution >= 0.6 is 0 Å². The Kier molecular flexibility index (Phi) is 3.25. The molecular weight excluding hydrogens is 268 g/mol. The van der Waals surface area contributed by atoms with Gasteiger partial charge >= 0.3 is 0 Å². The van der Waals surface area contributed by atoms with Crippen LogP contribution in [0.2, 0.25) is 0 Å². The van der Waals surface area contributed by atoms with Crippen LogP contribution in [0, 0.1) is 0 Å². The summed E-state index contributed by atoms with van der Waals surface area (Å²) in [6, 6.07) is 7.88. The molecule has 0 saturated heterocycles. The molecule has 110 valence electrons. The Bertz CT molecular complexity index is 672. The van der Waals surface area contributed by atoms with Crippen LogP contribution in [0.4, 0.5) is 5.69 Å². The van der Waals surface area contributed by atoms with Gasteiger partial charge in [-0.2, -0.15) is 4.98 Å². The minimum atomic E-state index is -0.661. The van der Waals surface area contributed by atoms with Crippen molar-refractivity contribution in [2.75, 3.05) is 4.90 Å². The smallest absolute Gasteiger partial charge is 0.246 e. The first kappa shape index (κ1) is 13.8. The molecule has 0 fully saturated rings. The normalized spacial score (nSPS) is 15.2. The molecular formula is C15H18N4O2. The van der Waals surface area contributed by atoms with Gasteiger partial charge in [0.1, 0.15) is 6.54 Å². The number of rotatable bonds is 3. The second kappa shape index (κ2) is 4.96. The third-order valence-corrected chi connectivity index (χ3v) is 3.53. The highest BCUT2D eigenvalue weighted by atomic mass is 16.5. The Morgan fingerprint density at radius 3 is 2.81 bits per heavy atom. The lowest BCUT2D eigenvalue weighted by Gasteiger charge is -2.28. The molecule has 1 aromatic carbocycles. The van der Waals surface area contributed by atoms with E-state index in [0.29, 0.717) is 18.1 Å². The Balaban J connectivity index is 1.88. The van der Waals surface area contributed by atoms with E-state index in [1.165, 1.54) is 0 Å². The van der Waals surface area contributed by atoms with Crippen molar-refractivity contribution in [3.8, 4) is 0 Å². The number of aryl methyl sites for hydroxylation is 1. The van der Waals surface area contributed by atoms with E-state index in [1.54, 1.807) is 4.90 Å². The zero-order valence-electron chi connectivity index (χ0n) is 12.2. The zero-order chi connectivity index (χ0) is 15.0. The van der Waals surface area contributed by atoms with Crippen molar-refractivity contribution in [3.05, 3.63) is 41.5 Å². The lowest BCUT2D eigenvalue weighted by Crippen LogP contribution is -2.34. The van der Waals surface area contributed by atoms with Crippen LogP contribution in [0.15, 0.2) is 28.8 Å². The number of hydrogen-bond acceptors (Lipinski definition) is 5. The van der Waals surface area contributed by atoms with Crippen molar-refractivity contribution in [1.29, 1.82) is 0 Å². The van der Waals surface area contributed by atoms with E-state index in [4.69, 9.17) is 10.3 Å². The van der Waals surface area contributed by atoms with Crippen molar-refractivity contribution in [3.63, 3.8) is 0 Å². The van der Waals surface area contributed by atoms with E-state index in [-0.39, 0.29) is 12.5 Å². The molecule has 6 heteroatoms. The van der Waals surface area contributed by atoms with Crippen LogP contribution in [0.3, 0.4) is 0 Å². The van der Waals surface area contributed by atoms with E-state index in [2.05, 4.69) is 10.1 Å². The molecule has 0 spiro atoms. The highest BCUT2D eigenvalue weighted by Gasteiger charge is 2.27. The van der Waals surface area contributed by atoms with Crippen LogP contribution in [0.25, 0.3) is 0 Å². The molecule has 0 atom stereocenters. The second-order valence-corrected chi connectivity index (χ2v) is 5.84. The summed E-state index contributed by atoms with van der Waals surface area (Å²) in [6.07, 6.45) is 1.27. The van der Waals surface area contributed by atoms with Crippen LogP contribution in [-0.4, -0.2) is 16.0 Å². The van der Waals surface area contributed by atoms with E-state index in [1.807, 2.05) is 38.1 Å². The van der Waals surface area contributed by atoms with Gasteiger partial charge in [-0.1, -0.05) is 23.4 Å². The van der Waals surface area contributed by atoms with Crippen LogP contribution < -0.4 is 10.6 Å². The molecule has 2 heterocycles. The molecule has 0 bridgehead atoms. The van der Waals surface area contributed by atoms with Crippen LogP contribution in [0.5, 0.6) is 0 Å². The molecule has 6 nitrogen and oxygen atoms in total. The van der Waals surface area contributed by atoms with Gasteiger partial charge in [-0.25, -0.2) is 0 Å². The van der Waals surface area contributed by atoms with Crippen molar-refractivity contribution in [2.24, 2.45) is 5.73 Å². The number of anilines is 1. The second-order valence-electron chi connectivity index (χ2n) is 5.84. The maximum atomic E-state index is 12.2. The number of carbonyl (C=O) groups is 1. The number of nitrogens with two attached hydrogens (primary N) is 1. The molecule has 1 aromatic heterocycles. The zero-order valence-corrected chi connectivity index (χ0v) is 12.2. The SMILES string of the molecule is CC(C)(N)c1noc(CN2C(=O)CCc3ccccc32)n1. The predicted octanol–water partition coefficient (Wildman–Crippen LogP) is 1.74. The van der Waals surface area contributed by atoms with E-state index < -0.39 is 5.54 Å². The first-order valence-electron chi connectivity index (χ1n) is 6.95. The lowest BCUT2D eigenvalue weighted by atomic mass is 10.0. The average molecular weight is 286 g/mol. The Labute approximate surface area is 122 Å². The average Bonchev–Trinajstić information content (AvgIpc) is 2.91. The number of amides is 1. The van der Waals surface area contributed by atoms with Crippen LogP contribution in [0.1, 0.15) is 37.5 Å². The Hall–Kier alpha value is -2.21. The van der Waals surface area contributed by atoms with Gasteiger partial charge in [-0.15, -0.1) is 0 Å². The molecule has 0 saturated carbocycles. The van der Waals surface area contributed by atoms with Gasteiger partial charge in [-0.3, -0.25) is 4.79 Å². The van der Waals surface area contributed by atoms with Crippen molar-refractivity contribution in [1.82, 2.24) is 10.1 Å². The number of carbonyl (C=O) groups excluding carboxylic acids is 1. The molecule has 1 amide bonds. The molecule has 21 heavy (non-hydrogen) atoms. The fourth-order valence-electron chi connectivity index (χ4n) is 2.39. The highest BCUT2D eigenvalue weighted by molar-refractivity contribution is 5.96. The largest absolute Gasteiger partial charge is 0.337 e. The topological polar surface area (TPSA) is 85.2 Å². The number of nitrogens with zero attached hydrogens (tertiary/aromatic N) is 3. The summed E-state index contributed by atoms with van der Waals surface area (Å²) < 4.78 is 5.22. The Morgan fingerprint density at radius 1 is 1.33 bits per heavy atom. The molecule has 1 aliphatic rings. The maximum Gasteiger partial charge on any atom is 0.246 e. The van der Waals surface area contributed by atoms with Crippen molar-refractivity contribution < 1.29 is 9.32 Å². The van der Waals surface area contributed by atoms with Gasteiger partial charge in [0.2, 0.25) is 11.8 Å². The summed E-state index contributed by atoms with van der Waals surface area (Å²) >= 11 is 0. The summed E-state index contributed by atoms with van der Waals surface area (Å²) in [6.45, 7) is 3.89. The summed E-state index contributed by atoms with van der Waals surface area (Å²) in [7, 11) is 0. The number of hydrogen-bond donors (Lipinski definition) is 1. The highest BCUT2D eigenvalue weighted by Crippen LogP contribution is 2.28. The van der Waals surface area contributed by atoms with Crippen molar-refractivity contribution in [2.45, 2.75) is 38.8 Å². The molecule has 2 aromatic rings. The van der Waals surface area contributed by atoms with Gasteiger partial charge in [0.05, 0.1) is 5.54 Å². The summed E-state index contributed by atoms with van der Waals surface area (Å²) in [5.41, 5.74) is 7.36.